The molecular weight excluding hydrogens is 222 g/mol. The summed E-state index contributed by atoms with van der Waals surface area (Å²) in [5.74, 6) is 0.987. The van der Waals surface area contributed by atoms with Crippen molar-refractivity contribution in [3.05, 3.63) is 35.9 Å². The number of rotatable bonds is 2. The summed E-state index contributed by atoms with van der Waals surface area (Å²) in [5, 5.41) is 8.18. The fourth-order valence-electron chi connectivity index (χ4n) is 3.41. The first kappa shape index (κ1) is 11.9. The summed E-state index contributed by atoms with van der Waals surface area (Å²) in [6.07, 6.45) is 5.83. The Bertz CT molecular complexity index is 408. The average molecular weight is 243 g/mol. The van der Waals surface area contributed by atoms with Crippen molar-refractivity contribution in [2.24, 2.45) is 5.92 Å². The van der Waals surface area contributed by atoms with Gasteiger partial charge in [-0.25, -0.2) is 0 Å². The first-order valence-electron chi connectivity index (χ1n) is 7.08. The van der Waals surface area contributed by atoms with Gasteiger partial charge >= 0.3 is 0 Å². The second kappa shape index (κ2) is 5.23. The van der Waals surface area contributed by atoms with Crippen LogP contribution in [0.4, 0.5) is 0 Å². The molecule has 2 fully saturated rings. The lowest BCUT2D eigenvalue weighted by molar-refractivity contribution is 0.0760. The van der Waals surface area contributed by atoms with Gasteiger partial charge in [0.05, 0.1) is 6.10 Å². The number of hydrogen-bond donors (Lipinski definition) is 1. The van der Waals surface area contributed by atoms with E-state index in [2.05, 4.69) is 30.3 Å². The molecule has 1 N–H and O–H groups in total. The predicted molar refractivity (Wildman–Crippen MR) is 73.2 cm³/mol. The Morgan fingerprint density at radius 3 is 2.67 bits per heavy atom. The van der Waals surface area contributed by atoms with Crippen molar-refractivity contribution in [3.8, 4) is 0 Å². The second-order valence-electron chi connectivity index (χ2n) is 5.57. The maximum atomic E-state index is 8.18. The number of benzene rings is 1. The third-order valence-electron chi connectivity index (χ3n) is 4.43. The van der Waals surface area contributed by atoms with E-state index < -0.39 is 0 Å². The van der Waals surface area contributed by atoms with Crippen molar-refractivity contribution in [3.63, 3.8) is 0 Å². The molecule has 2 nitrogen and oxygen atoms in total. The third-order valence-corrected chi connectivity index (χ3v) is 4.43. The summed E-state index contributed by atoms with van der Waals surface area (Å²) >= 11 is 0. The SMILES string of the molecule is N=C1CCC(c2ccccc2)CC1C1CCCO1. The molecule has 0 bridgehead atoms. The van der Waals surface area contributed by atoms with Crippen LogP contribution in [0.2, 0.25) is 0 Å². The molecular formula is C16H21NO. The van der Waals surface area contributed by atoms with Gasteiger partial charge in [-0.1, -0.05) is 30.3 Å². The molecule has 1 heterocycles. The van der Waals surface area contributed by atoms with E-state index in [9.17, 15) is 0 Å². The molecule has 1 aliphatic heterocycles. The van der Waals surface area contributed by atoms with Gasteiger partial charge in [0.25, 0.3) is 0 Å². The zero-order valence-electron chi connectivity index (χ0n) is 10.8. The molecule has 1 aromatic carbocycles. The number of nitrogens with one attached hydrogen (secondary N) is 1. The molecule has 1 aromatic rings. The average Bonchev–Trinajstić information content (AvgIpc) is 2.94. The summed E-state index contributed by atoms with van der Waals surface area (Å²) in [6.45, 7) is 0.893. The molecule has 1 aliphatic carbocycles. The molecule has 1 saturated carbocycles. The minimum Gasteiger partial charge on any atom is -0.378 e. The molecule has 2 aliphatic rings. The van der Waals surface area contributed by atoms with Crippen LogP contribution >= 0.6 is 0 Å². The van der Waals surface area contributed by atoms with Crippen LogP contribution in [-0.2, 0) is 4.74 Å². The molecule has 2 heteroatoms. The highest BCUT2D eigenvalue weighted by molar-refractivity contribution is 5.85. The van der Waals surface area contributed by atoms with E-state index in [0.717, 1.165) is 38.0 Å². The summed E-state index contributed by atoms with van der Waals surface area (Å²) in [7, 11) is 0. The topological polar surface area (TPSA) is 33.1 Å². The van der Waals surface area contributed by atoms with Crippen LogP contribution in [0.5, 0.6) is 0 Å². The fraction of sp³-hybridized carbons (Fsp3) is 0.562. The molecule has 18 heavy (non-hydrogen) atoms. The van der Waals surface area contributed by atoms with Gasteiger partial charge in [-0.3, -0.25) is 0 Å². The largest absolute Gasteiger partial charge is 0.378 e. The normalized spacial score (nSPS) is 32.7. The Morgan fingerprint density at radius 1 is 1.11 bits per heavy atom. The Hall–Kier alpha value is -1.15. The van der Waals surface area contributed by atoms with Crippen LogP contribution in [-0.4, -0.2) is 18.4 Å². The van der Waals surface area contributed by atoms with Gasteiger partial charge in [0.1, 0.15) is 0 Å². The van der Waals surface area contributed by atoms with E-state index in [4.69, 9.17) is 10.1 Å². The summed E-state index contributed by atoms with van der Waals surface area (Å²) < 4.78 is 5.81. The summed E-state index contributed by atoms with van der Waals surface area (Å²) in [5.41, 5.74) is 2.36. The summed E-state index contributed by atoms with van der Waals surface area (Å²) in [4.78, 5) is 0. The van der Waals surface area contributed by atoms with Crippen LogP contribution in [0.1, 0.15) is 43.6 Å². The molecule has 0 aromatic heterocycles. The van der Waals surface area contributed by atoms with E-state index in [1.807, 2.05) is 0 Å². The highest BCUT2D eigenvalue weighted by atomic mass is 16.5. The van der Waals surface area contributed by atoms with Gasteiger partial charge < -0.3 is 10.1 Å². The van der Waals surface area contributed by atoms with Crippen LogP contribution < -0.4 is 0 Å². The third kappa shape index (κ3) is 2.35. The van der Waals surface area contributed by atoms with E-state index in [1.54, 1.807) is 0 Å². The summed E-state index contributed by atoms with van der Waals surface area (Å²) in [6, 6.07) is 10.8. The molecule has 0 spiro atoms. The zero-order chi connectivity index (χ0) is 12.4. The van der Waals surface area contributed by atoms with E-state index in [-0.39, 0.29) is 0 Å². The van der Waals surface area contributed by atoms with Crippen LogP contribution in [0, 0.1) is 11.3 Å². The monoisotopic (exact) mass is 243 g/mol. The van der Waals surface area contributed by atoms with E-state index in [1.165, 1.54) is 12.0 Å². The maximum absolute atomic E-state index is 8.18. The van der Waals surface area contributed by atoms with Gasteiger partial charge in [0.15, 0.2) is 0 Å². The molecule has 0 radical (unpaired) electrons. The number of hydrogen-bond acceptors (Lipinski definition) is 2. The van der Waals surface area contributed by atoms with Crippen molar-refractivity contribution in [1.82, 2.24) is 0 Å². The molecule has 3 atom stereocenters. The molecule has 3 rings (SSSR count). The standard InChI is InChI=1S/C16H21NO/c17-15-9-8-13(12-5-2-1-3-6-12)11-14(15)16-7-4-10-18-16/h1-3,5-6,13-14,16-17H,4,7-11H2. The Morgan fingerprint density at radius 2 is 1.94 bits per heavy atom. The van der Waals surface area contributed by atoms with E-state index in [0.29, 0.717) is 17.9 Å². The minimum absolute atomic E-state index is 0.323. The van der Waals surface area contributed by atoms with E-state index >= 15 is 0 Å². The fourth-order valence-corrected chi connectivity index (χ4v) is 3.41. The van der Waals surface area contributed by atoms with Crippen molar-refractivity contribution < 1.29 is 4.74 Å². The molecule has 96 valence electrons. The van der Waals surface area contributed by atoms with Crippen LogP contribution in [0.3, 0.4) is 0 Å². The highest BCUT2D eigenvalue weighted by Gasteiger charge is 2.34. The van der Waals surface area contributed by atoms with Crippen molar-refractivity contribution in [2.75, 3.05) is 6.61 Å². The van der Waals surface area contributed by atoms with Gasteiger partial charge in [-0.2, -0.15) is 0 Å². The predicted octanol–water partition coefficient (Wildman–Crippen LogP) is 3.77. The Labute approximate surface area is 109 Å². The quantitative estimate of drug-likeness (QED) is 0.842. The van der Waals surface area contributed by atoms with Crippen LogP contribution in [0.25, 0.3) is 0 Å². The highest BCUT2D eigenvalue weighted by Crippen LogP contribution is 2.38. The van der Waals surface area contributed by atoms with Gasteiger partial charge in [-0.15, -0.1) is 0 Å². The van der Waals surface area contributed by atoms with Crippen molar-refractivity contribution >= 4 is 5.71 Å². The molecule has 3 unspecified atom stereocenters. The maximum Gasteiger partial charge on any atom is 0.0656 e. The Balaban J connectivity index is 1.73. The molecule has 1 saturated heterocycles. The van der Waals surface area contributed by atoms with Gasteiger partial charge in [0, 0.05) is 18.2 Å². The van der Waals surface area contributed by atoms with Gasteiger partial charge in [0.2, 0.25) is 0 Å². The Kier molecular flexibility index (Phi) is 3.46. The lowest BCUT2D eigenvalue weighted by atomic mass is 9.74. The van der Waals surface area contributed by atoms with Gasteiger partial charge in [-0.05, 0) is 43.6 Å². The van der Waals surface area contributed by atoms with Crippen molar-refractivity contribution in [2.45, 2.75) is 44.1 Å². The van der Waals surface area contributed by atoms with Crippen molar-refractivity contribution in [1.29, 1.82) is 5.41 Å². The second-order valence-corrected chi connectivity index (χ2v) is 5.57. The number of ether oxygens (including phenoxy) is 1. The first-order valence-corrected chi connectivity index (χ1v) is 7.08. The first-order chi connectivity index (χ1) is 8.84. The zero-order valence-corrected chi connectivity index (χ0v) is 10.8. The minimum atomic E-state index is 0.323. The smallest absolute Gasteiger partial charge is 0.0656 e. The van der Waals surface area contributed by atoms with Crippen LogP contribution in [0.15, 0.2) is 30.3 Å². The lowest BCUT2D eigenvalue weighted by Crippen LogP contribution is -2.32. The lowest BCUT2D eigenvalue weighted by Gasteiger charge is -2.33. The molecule has 0 amide bonds.